The molecule has 0 aliphatic heterocycles. The van der Waals surface area contributed by atoms with E-state index < -0.39 is 0 Å². The topological polar surface area (TPSA) is 0 Å². The van der Waals surface area contributed by atoms with Gasteiger partial charge in [0.1, 0.15) is 0 Å². The van der Waals surface area contributed by atoms with E-state index in [2.05, 4.69) is 84.9 Å². The molecule has 0 saturated heterocycles. The fourth-order valence-electron chi connectivity index (χ4n) is 2.48. The first-order valence-electron chi connectivity index (χ1n) is 7.48. The van der Waals surface area contributed by atoms with Crippen molar-refractivity contribution < 1.29 is 0 Å². The lowest BCUT2D eigenvalue weighted by Gasteiger charge is -1.98. The molecule has 3 aromatic rings. The van der Waals surface area contributed by atoms with Gasteiger partial charge in [0, 0.05) is 0 Å². The zero-order valence-corrected chi connectivity index (χ0v) is 12.4. The van der Waals surface area contributed by atoms with Crippen LogP contribution in [0.2, 0.25) is 0 Å². The SMILES string of the molecule is c1cccccc2ccccc2c2ccccc2cccc1. The largest absolute Gasteiger partial charge is 0.0623 e. The van der Waals surface area contributed by atoms with Gasteiger partial charge in [-0.25, -0.2) is 0 Å². The Labute approximate surface area is 131 Å². The smallest absolute Gasteiger partial charge is 0.0105 e. The maximum atomic E-state index is 2.18. The fourth-order valence-corrected chi connectivity index (χ4v) is 2.48. The molecule has 0 spiro atoms. The first-order valence-corrected chi connectivity index (χ1v) is 7.48. The summed E-state index contributed by atoms with van der Waals surface area (Å²) >= 11 is 0. The van der Waals surface area contributed by atoms with Gasteiger partial charge in [0.2, 0.25) is 0 Å². The Morgan fingerprint density at radius 3 is 0.955 bits per heavy atom. The van der Waals surface area contributed by atoms with Crippen LogP contribution >= 0.6 is 0 Å². The second kappa shape index (κ2) is 7.24. The summed E-state index contributed by atoms with van der Waals surface area (Å²) in [5.74, 6) is 0. The van der Waals surface area contributed by atoms with Gasteiger partial charge in [0.15, 0.2) is 0 Å². The van der Waals surface area contributed by atoms with Gasteiger partial charge in [-0.05, 0) is 21.5 Å². The molecule has 22 heavy (non-hydrogen) atoms. The maximum absolute atomic E-state index is 2.18. The maximum Gasteiger partial charge on any atom is -0.0105 e. The van der Waals surface area contributed by atoms with Crippen molar-refractivity contribution in [2.45, 2.75) is 0 Å². The van der Waals surface area contributed by atoms with E-state index in [-0.39, 0.29) is 0 Å². The van der Waals surface area contributed by atoms with Crippen LogP contribution in [0.1, 0.15) is 0 Å². The summed E-state index contributed by atoms with van der Waals surface area (Å²) in [4.78, 5) is 0. The molecule has 0 aromatic heterocycles. The van der Waals surface area contributed by atoms with Crippen molar-refractivity contribution in [3.63, 3.8) is 0 Å². The van der Waals surface area contributed by atoms with Crippen LogP contribution in [0.15, 0.2) is 109 Å². The summed E-state index contributed by atoms with van der Waals surface area (Å²) in [7, 11) is 0. The molecule has 0 aliphatic carbocycles. The van der Waals surface area contributed by atoms with Gasteiger partial charge < -0.3 is 0 Å². The molecule has 3 rings (SSSR count). The average molecular weight is 282 g/mol. The predicted molar refractivity (Wildman–Crippen MR) is 96.7 cm³/mol. The van der Waals surface area contributed by atoms with E-state index in [9.17, 15) is 0 Å². The Balaban J connectivity index is 2.47. The van der Waals surface area contributed by atoms with Gasteiger partial charge in [-0.15, -0.1) is 0 Å². The Hall–Kier alpha value is -2.86. The number of hydrogen-bond acceptors (Lipinski definition) is 0. The first kappa shape index (κ1) is 14.1. The van der Waals surface area contributed by atoms with Crippen molar-refractivity contribution in [3.8, 4) is 0 Å². The molecule has 0 heterocycles. The van der Waals surface area contributed by atoms with E-state index >= 15 is 0 Å². The van der Waals surface area contributed by atoms with Crippen LogP contribution in [-0.4, -0.2) is 0 Å². The van der Waals surface area contributed by atoms with E-state index in [1.807, 2.05) is 24.3 Å². The summed E-state index contributed by atoms with van der Waals surface area (Å²) in [6.45, 7) is 0. The van der Waals surface area contributed by atoms with Crippen LogP contribution in [0.3, 0.4) is 0 Å². The molecule has 0 amide bonds. The molecular weight excluding hydrogens is 264 g/mol. The van der Waals surface area contributed by atoms with E-state index in [1.54, 1.807) is 0 Å². The van der Waals surface area contributed by atoms with Crippen molar-refractivity contribution in [3.05, 3.63) is 109 Å². The Morgan fingerprint density at radius 2 is 0.545 bits per heavy atom. The minimum atomic E-state index is 1.23. The quantitative estimate of drug-likeness (QED) is 0.457. The lowest BCUT2D eigenvalue weighted by molar-refractivity contribution is 1.74. The molecule has 0 radical (unpaired) electrons. The van der Waals surface area contributed by atoms with E-state index in [0.717, 1.165) is 0 Å². The average Bonchev–Trinajstić information content (AvgIpc) is 2.57. The molecule has 0 unspecified atom stereocenters. The summed E-state index contributed by atoms with van der Waals surface area (Å²) in [6.07, 6.45) is 0. The van der Waals surface area contributed by atoms with Crippen molar-refractivity contribution in [1.29, 1.82) is 0 Å². The zero-order chi connectivity index (χ0) is 15.0. The number of benzene rings is 2. The van der Waals surface area contributed by atoms with Gasteiger partial charge >= 0.3 is 0 Å². The van der Waals surface area contributed by atoms with E-state index in [4.69, 9.17) is 0 Å². The predicted octanol–water partition coefficient (Wildman–Crippen LogP) is 6.24. The Morgan fingerprint density at radius 1 is 0.273 bits per heavy atom. The van der Waals surface area contributed by atoms with Crippen molar-refractivity contribution in [1.82, 2.24) is 0 Å². The Bertz CT molecular complexity index is 815. The van der Waals surface area contributed by atoms with Crippen LogP contribution in [0, 0.1) is 0 Å². The van der Waals surface area contributed by atoms with Crippen LogP contribution in [0.4, 0.5) is 0 Å². The minimum absolute atomic E-state index is 1.23. The lowest BCUT2D eigenvalue weighted by Crippen LogP contribution is -1.72. The summed E-state index contributed by atoms with van der Waals surface area (Å²) in [5.41, 5.74) is 0. The molecular formula is C22H18. The molecule has 0 N–H and O–H groups in total. The lowest BCUT2D eigenvalue weighted by atomic mass is 10.1. The molecule has 0 fully saturated rings. The minimum Gasteiger partial charge on any atom is -0.0623 e. The molecule has 0 nitrogen and oxygen atoms in total. The van der Waals surface area contributed by atoms with Crippen LogP contribution in [-0.2, 0) is 0 Å². The van der Waals surface area contributed by atoms with Gasteiger partial charge in [-0.2, -0.15) is 0 Å². The van der Waals surface area contributed by atoms with E-state index in [0.29, 0.717) is 0 Å². The first-order chi connectivity index (χ1) is 10.9. The normalized spacial score (nSPS) is 9.82. The highest BCUT2D eigenvalue weighted by atomic mass is 14.0. The number of hydrogen-bond donors (Lipinski definition) is 0. The molecule has 3 aromatic carbocycles. The zero-order valence-electron chi connectivity index (χ0n) is 12.4. The van der Waals surface area contributed by atoms with E-state index in [1.165, 1.54) is 21.5 Å². The highest BCUT2D eigenvalue weighted by molar-refractivity contribution is 6.04. The van der Waals surface area contributed by atoms with Gasteiger partial charge in [-0.1, -0.05) is 109 Å². The third kappa shape index (κ3) is 3.42. The molecule has 0 aliphatic rings. The monoisotopic (exact) mass is 282 g/mol. The van der Waals surface area contributed by atoms with Crippen LogP contribution in [0.25, 0.3) is 21.5 Å². The highest BCUT2D eigenvalue weighted by Crippen LogP contribution is 2.21. The number of rotatable bonds is 0. The standard InChI is InChI=1S/C22H18/c1-2-4-6-8-14-20-16-10-12-18-22(20)21-17-11-9-15-19(21)13-7-5-3-1/h1-18H. The molecule has 0 bridgehead atoms. The third-order valence-corrected chi connectivity index (χ3v) is 3.54. The molecule has 106 valence electrons. The summed E-state index contributed by atoms with van der Waals surface area (Å²) in [5, 5.41) is 4.96. The second-order valence-corrected chi connectivity index (χ2v) is 5.05. The van der Waals surface area contributed by atoms with Gasteiger partial charge in [-0.3, -0.25) is 0 Å². The fraction of sp³-hybridized carbons (Fsp3) is 0. The summed E-state index contributed by atoms with van der Waals surface area (Å²) < 4.78 is 0. The Kier molecular flexibility index (Phi) is 4.63. The summed E-state index contributed by atoms with van der Waals surface area (Å²) in [6, 6.07) is 37.7. The number of fused-ring (bicyclic) bond motifs is 3. The van der Waals surface area contributed by atoms with Gasteiger partial charge in [0.25, 0.3) is 0 Å². The van der Waals surface area contributed by atoms with Gasteiger partial charge in [0.05, 0.1) is 0 Å². The van der Waals surface area contributed by atoms with Crippen LogP contribution in [0.5, 0.6) is 0 Å². The van der Waals surface area contributed by atoms with Crippen molar-refractivity contribution in [2.24, 2.45) is 0 Å². The molecule has 0 heteroatoms. The highest BCUT2D eigenvalue weighted by Gasteiger charge is 1.93. The van der Waals surface area contributed by atoms with Crippen molar-refractivity contribution in [2.75, 3.05) is 0 Å². The second-order valence-electron chi connectivity index (χ2n) is 5.05. The molecule has 0 saturated carbocycles. The third-order valence-electron chi connectivity index (χ3n) is 3.54. The molecule has 0 atom stereocenters. The van der Waals surface area contributed by atoms with Crippen LogP contribution < -0.4 is 0 Å². The van der Waals surface area contributed by atoms with Crippen molar-refractivity contribution >= 4 is 21.5 Å².